The lowest BCUT2D eigenvalue weighted by molar-refractivity contribution is 0.101. The van der Waals surface area contributed by atoms with Crippen LogP contribution in [0.1, 0.15) is 33.2 Å². The molecule has 0 atom stereocenters. The zero-order valence-corrected chi connectivity index (χ0v) is 11.7. The second-order valence-electron chi connectivity index (χ2n) is 4.34. The van der Waals surface area contributed by atoms with Crippen molar-refractivity contribution in [3.05, 3.63) is 59.2 Å². The van der Waals surface area contributed by atoms with Crippen molar-refractivity contribution in [1.82, 2.24) is 0 Å². The first kappa shape index (κ1) is 13.6. The van der Waals surface area contributed by atoms with Gasteiger partial charge in [0.2, 0.25) is 0 Å². The zero-order chi connectivity index (χ0) is 13.8. The summed E-state index contributed by atoms with van der Waals surface area (Å²) in [5.74, 6) is -0.0324. The Morgan fingerprint density at radius 3 is 2.37 bits per heavy atom. The maximum atomic E-state index is 11.3. The molecule has 0 aromatic heterocycles. The van der Waals surface area contributed by atoms with Gasteiger partial charge in [-0.2, -0.15) is 0 Å². The number of aryl methyl sites for hydroxylation is 1. The van der Waals surface area contributed by atoms with Gasteiger partial charge in [-0.05, 0) is 38.1 Å². The Kier molecular flexibility index (Phi) is 4.17. The van der Waals surface area contributed by atoms with E-state index in [0.717, 1.165) is 16.1 Å². The highest BCUT2D eigenvalue weighted by Crippen LogP contribution is 2.30. The Bertz CT molecular complexity index is 615. The van der Waals surface area contributed by atoms with Gasteiger partial charge >= 0.3 is 0 Å². The Balaban J connectivity index is 2.32. The molecule has 0 radical (unpaired) electrons. The van der Waals surface area contributed by atoms with Crippen LogP contribution in [0.5, 0.6) is 0 Å². The summed E-state index contributed by atoms with van der Waals surface area (Å²) in [7, 11) is 0. The minimum Gasteiger partial charge on any atom is -0.298 e. The highest BCUT2D eigenvalue weighted by molar-refractivity contribution is 7.99. The Labute approximate surface area is 116 Å². The molecular formula is C16H14O2S. The van der Waals surface area contributed by atoms with E-state index >= 15 is 0 Å². The summed E-state index contributed by atoms with van der Waals surface area (Å²) in [6.07, 6.45) is 0.795. The Morgan fingerprint density at radius 1 is 1.11 bits per heavy atom. The van der Waals surface area contributed by atoms with Crippen molar-refractivity contribution in [3.8, 4) is 0 Å². The largest absolute Gasteiger partial charge is 0.298 e. The summed E-state index contributed by atoms with van der Waals surface area (Å²) in [6, 6.07) is 13.3. The van der Waals surface area contributed by atoms with Crippen molar-refractivity contribution in [2.45, 2.75) is 23.6 Å². The lowest BCUT2D eigenvalue weighted by atomic mass is 10.1. The highest BCUT2D eigenvalue weighted by Gasteiger charge is 2.07. The third-order valence-corrected chi connectivity index (χ3v) is 3.89. The van der Waals surface area contributed by atoms with E-state index in [1.54, 1.807) is 12.1 Å². The van der Waals surface area contributed by atoms with Crippen LogP contribution in [0.3, 0.4) is 0 Å². The molecule has 2 nitrogen and oxygen atoms in total. The lowest BCUT2D eigenvalue weighted by Gasteiger charge is -2.06. The number of carbonyl (C=O) groups excluding carboxylic acids is 2. The fourth-order valence-electron chi connectivity index (χ4n) is 1.69. The Morgan fingerprint density at radius 2 is 1.79 bits per heavy atom. The van der Waals surface area contributed by atoms with Crippen molar-refractivity contribution < 1.29 is 9.59 Å². The number of hydrogen-bond acceptors (Lipinski definition) is 3. The minimum atomic E-state index is -0.0324. The molecule has 0 heterocycles. The summed E-state index contributed by atoms with van der Waals surface area (Å²) >= 11 is 1.53. The monoisotopic (exact) mass is 270 g/mol. The fourth-order valence-corrected chi connectivity index (χ4v) is 2.57. The van der Waals surface area contributed by atoms with Crippen molar-refractivity contribution in [2.75, 3.05) is 0 Å². The van der Waals surface area contributed by atoms with Gasteiger partial charge in [-0.1, -0.05) is 35.5 Å². The Hall–Kier alpha value is -1.87. The summed E-state index contributed by atoms with van der Waals surface area (Å²) in [6.45, 7) is 3.53. The third-order valence-electron chi connectivity index (χ3n) is 2.79. The number of hydrogen-bond donors (Lipinski definition) is 0. The number of Topliss-reactive ketones (excluding diaryl/α,β-unsaturated/α-hetero) is 1. The molecule has 0 saturated heterocycles. The fraction of sp³-hybridized carbons (Fsp3) is 0.125. The van der Waals surface area contributed by atoms with E-state index in [-0.39, 0.29) is 5.78 Å². The summed E-state index contributed by atoms with van der Waals surface area (Å²) in [5.41, 5.74) is 2.32. The number of carbonyl (C=O) groups is 2. The molecule has 0 aliphatic carbocycles. The van der Waals surface area contributed by atoms with Crippen LogP contribution in [0, 0.1) is 6.92 Å². The van der Waals surface area contributed by atoms with E-state index in [9.17, 15) is 9.59 Å². The van der Waals surface area contributed by atoms with Crippen LogP contribution in [0.25, 0.3) is 0 Å². The average molecular weight is 270 g/mol. The topological polar surface area (TPSA) is 34.1 Å². The first-order valence-electron chi connectivity index (χ1n) is 5.95. The van der Waals surface area contributed by atoms with E-state index in [1.807, 2.05) is 37.3 Å². The molecule has 0 amide bonds. The van der Waals surface area contributed by atoms with E-state index < -0.39 is 0 Å². The van der Waals surface area contributed by atoms with E-state index in [2.05, 4.69) is 0 Å². The molecule has 2 rings (SSSR count). The quantitative estimate of drug-likeness (QED) is 0.618. The summed E-state index contributed by atoms with van der Waals surface area (Å²) in [5, 5.41) is 0. The standard InChI is InChI=1S/C16H14O2S/c1-11-3-6-15(7-4-11)19-16-8-5-13(12(2)18)9-14(16)10-17/h3-10H,1-2H3. The van der Waals surface area contributed by atoms with Crippen molar-refractivity contribution >= 4 is 23.8 Å². The third kappa shape index (κ3) is 3.32. The molecule has 19 heavy (non-hydrogen) atoms. The van der Waals surface area contributed by atoms with Crippen LogP contribution < -0.4 is 0 Å². The number of ketones is 1. The normalized spacial score (nSPS) is 10.2. The first-order chi connectivity index (χ1) is 9.10. The van der Waals surface area contributed by atoms with Crippen LogP contribution in [0.4, 0.5) is 0 Å². The predicted octanol–water partition coefficient (Wildman–Crippen LogP) is 4.16. The first-order valence-corrected chi connectivity index (χ1v) is 6.76. The molecule has 96 valence electrons. The van der Waals surface area contributed by atoms with Gasteiger partial charge in [0.1, 0.15) is 0 Å². The molecule has 2 aromatic rings. The molecule has 0 N–H and O–H groups in total. The van der Waals surface area contributed by atoms with Crippen LogP contribution in [0.15, 0.2) is 52.3 Å². The summed E-state index contributed by atoms with van der Waals surface area (Å²) < 4.78 is 0. The van der Waals surface area contributed by atoms with Gasteiger partial charge in [0.05, 0.1) is 0 Å². The lowest BCUT2D eigenvalue weighted by Crippen LogP contribution is -1.95. The number of aldehydes is 1. The predicted molar refractivity (Wildman–Crippen MR) is 77.1 cm³/mol. The minimum absolute atomic E-state index is 0.0324. The van der Waals surface area contributed by atoms with Crippen molar-refractivity contribution in [3.63, 3.8) is 0 Å². The second-order valence-corrected chi connectivity index (χ2v) is 5.46. The molecule has 0 aliphatic heterocycles. The molecule has 2 aromatic carbocycles. The van der Waals surface area contributed by atoms with Gasteiger partial charge in [-0.15, -0.1) is 0 Å². The number of benzene rings is 2. The van der Waals surface area contributed by atoms with Crippen molar-refractivity contribution in [2.24, 2.45) is 0 Å². The smallest absolute Gasteiger partial charge is 0.159 e. The molecule has 0 spiro atoms. The van der Waals surface area contributed by atoms with Crippen LogP contribution in [0.2, 0.25) is 0 Å². The van der Waals surface area contributed by atoms with Gasteiger partial charge in [0.15, 0.2) is 12.1 Å². The van der Waals surface area contributed by atoms with Crippen LogP contribution in [-0.2, 0) is 0 Å². The van der Waals surface area contributed by atoms with E-state index in [1.165, 1.54) is 24.2 Å². The van der Waals surface area contributed by atoms with Crippen molar-refractivity contribution in [1.29, 1.82) is 0 Å². The molecule has 0 saturated carbocycles. The van der Waals surface area contributed by atoms with Gasteiger partial charge in [0, 0.05) is 20.9 Å². The van der Waals surface area contributed by atoms with Crippen LogP contribution >= 0.6 is 11.8 Å². The van der Waals surface area contributed by atoms with Gasteiger partial charge < -0.3 is 0 Å². The highest BCUT2D eigenvalue weighted by atomic mass is 32.2. The average Bonchev–Trinajstić information content (AvgIpc) is 2.41. The molecular weight excluding hydrogens is 256 g/mol. The van der Waals surface area contributed by atoms with Gasteiger partial charge in [-0.25, -0.2) is 0 Å². The second kappa shape index (κ2) is 5.85. The molecule has 3 heteroatoms. The maximum Gasteiger partial charge on any atom is 0.159 e. The molecule has 0 fully saturated rings. The maximum absolute atomic E-state index is 11.3. The molecule has 0 bridgehead atoms. The summed E-state index contributed by atoms with van der Waals surface area (Å²) in [4.78, 5) is 24.4. The SMILES string of the molecule is CC(=O)c1ccc(Sc2ccc(C)cc2)c(C=O)c1. The van der Waals surface area contributed by atoms with E-state index in [4.69, 9.17) is 0 Å². The van der Waals surface area contributed by atoms with E-state index in [0.29, 0.717) is 11.1 Å². The molecule has 0 unspecified atom stereocenters. The zero-order valence-electron chi connectivity index (χ0n) is 10.8. The molecule has 0 aliphatic rings. The van der Waals surface area contributed by atoms with Gasteiger partial charge in [-0.3, -0.25) is 9.59 Å². The number of rotatable bonds is 4. The van der Waals surface area contributed by atoms with Crippen LogP contribution in [-0.4, -0.2) is 12.1 Å². The van der Waals surface area contributed by atoms with Gasteiger partial charge in [0.25, 0.3) is 0 Å².